The molecule has 5 nitrogen and oxygen atoms in total. The van der Waals surface area contributed by atoms with Crippen molar-refractivity contribution in [1.29, 1.82) is 0 Å². The van der Waals surface area contributed by atoms with Crippen molar-refractivity contribution in [2.45, 2.75) is 18.6 Å². The number of carbonyl (C=O) groups is 1. The highest BCUT2D eigenvalue weighted by Gasteiger charge is 2.34. The van der Waals surface area contributed by atoms with Crippen LogP contribution in [0.4, 0.5) is 0 Å². The molecule has 2 heterocycles. The standard InChI is InChI=1S/C14H18N2O3/c15-8-11-9-16(5-6-18-11)14(17)13-7-10-3-1-2-4-12(10)19-13/h1-4,11,13H,5-9,15H2. The Morgan fingerprint density at radius 2 is 2.26 bits per heavy atom. The van der Waals surface area contributed by atoms with E-state index in [4.69, 9.17) is 15.2 Å². The summed E-state index contributed by atoms with van der Waals surface area (Å²) in [5.74, 6) is 0.863. The molecular formula is C14H18N2O3. The van der Waals surface area contributed by atoms with Crippen LogP contribution >= 0.6 is 0 Å². The number of hydrogen-bond donors (Lipinski definition) is 1. The van der Waals surface area contributed by atoms with E-state index < -0.39 is 6.10 Å². The molecule has 2 unspecified atom stereocenters. The molecular weight excluding hydrogens is 244 g/mol. The number of morpholine rings is 1. The molecule has 0 spiro atoms. The molecule has 1 fully saturated rings. The van der Waals surface area contributed by atoms with Gasteiger partial charge >= 0.3 is 0 Å². The van der Waals surface area contributed by atoms with Gasteiger partial charge in [0.2, 0.25) is 0 Å². The summed E-state index contributed by atoms with van der Waals surface area (Å²) in [5, 5.41) is 0. The van der Waals surface area contributed by atoms with E-state index >= 15 is 0 Å². The van der Waals surface area contributed by atoms with E-state index in [9.17, 15) is 4.79 Å². The van der Waals surface area contributed by atoms with Crippen LogP contribution in [0.1, 0.15) is 5.56 Å². The number of rotatable bonds is 2. The number of ether oxygens (including phenoxy) is 2. The Hall–Kier alpha value is -1.59. The minimum Gasteiger partial charge on any atom is -0.480 e. The second kappa shape index (κ2) is 5.19. The van der Waals surface area contributed by atoms with E-state index in [1.54, 1.807) is 4.90 Å². The van der Waals surface area contributed by atoms with E-state index in [0.717, 1.165) is 11.3 Å². The molecule has 2 aliphatic rings. The predicted octanol–water partition coefficient (Wildman–Crippen LogP) is 0.176. The van der Waals surface area contributed by atoms with Crippen molar-refractivity contribution in [3.63, 3.8) is 0 Å². The van der Waals surface area contributed by atoms with Gasteiger partial charge in [-0.2, -0.15) is 0 Å². The summed E-state index contributed by atoms with van der Waals surface area (Å²) in [7, 11) is 0. The van der Waals surface area contributed by atoms with Crippen molar-refractivity contribution in [3.8, 4) is 5.75 Å². The zero-order chi connectivity index (χ0) is 13.2. The molecule has 1 saturated heterocycles. The third kappa shape index (κ3) is 2.43. The number of fused-ring (bicyclic) bond motifs is 1. The van der Waals surface area contributed by atoms with Crippen molar-refractivity contribution in [2.24, 2.45) is 5.73 Å². The molecule has 5 heteroatoms. The maximum Gasteiger partial charge on any atom is 0.264 e. The lowest BCUT2D eigenvalue weighted by Crippen LogP contribution is -2.51. The fourth-order valence-electron chi connectivity index (χ4n) is 2.59. The predicted molar refractivity (Wildman–Crippen MR) is 69.9 cm³/mol. The van der Waals surface area contributed by atoms with E-state index in [2.05, 4.69) is 0 Å². The number of hydrogen-bond acceptors (Lipinski definition) is 4. The minimum atomic E-state index is -0.395. The molecule has 2 aliphatic heterocycles. The Morgan fingerprint density at radius 1 is 1.42 bits per heavy atom. The van der Waals surface area contributed by atoms with Gasteiger partial charge in [0.15, 0.2) is 6.10 Å². The first-order valence-corrected chi connectivity index (χ1v) is 6.63. The molecule has 0 radical (unpaired) electrons. The fraction of sp³-hybridized carbons (Fsp3) is 0.500. The van der Waals surface area contributed by atoms with E-state index in [1.807, 2.05) is 24.3 Å². The lowest BCUT2D eigenvalue weighted by Gasteiger charge is -2.33. The van der Waals surface area contributed by atoms with Gasteiger partial charge in [-0.1, -0.05) is 18.2 Å². The molecule has 102 valence electrons. The van der Waals surface area contributed by atoms with Gasteiger partial charge in [0, 0.05) is 26.1 Å². The maximum atomic E-state index is 12.4. The van der Waals surface area contributed by atoms with E-state index in [1.165, 1.54) is 0 Å². The highest BCUT2D eigenvalue weighted by Crippen LogP contribution is 2.29. The molecule has 0 bridgehead atoms. The van der Waals surface area contributed by atoms with Gasteiger partial charge in [-0.3, -0.25) is 4.79 Å². The van der Waals surface area contributed by atoms with Crippen molar-refractivity contribution >= 4 is 5.91 Å². The van der Waals surface area contributed by atoms with Gasteiger partial charge in [0.25, 0.3) is 5.91 Å². The average Bonchev–Trinajstić information content (AvgIpc) is 2.90. The van der Waals surface area contributed by atoms with Gasteiger partial charge in [0.1, 0.15) is 5.75 Å². The van der Waals surface area contributed by atoms with Gasteiger partial charge in [-0.15, -0.1) is 0 Å². The summed E-state index contributed by atoms with van der Waals surface area (Å²) in [6, 6.07) is 7.80. The molecule has 1 amide bonds. The number of benzene rings is 1. The first kappa shape index (κ1) is 12.4. The third-order valence-electron chi connectivity index (χ3n) is 3.64. The van der Waals surface area contributed by atoms with Gasteiger partial charge < -0.3 is 20.1 Å². The molecule has 3 rings (SSSR count). The second-order valence-corrected chi connectivity index (χ2v) is 4.93. The monoisotopic (exact) mass is 262 g/mol. The van der Waals surface area contributed by atoms with Crippen LogP contribution < -0.4 is 10.5 Å². The minimum absolute atomic E-state index is 0.0398. The van der Waals surface area contributed by atoms with Crippen LogP contribution in [0.2, 0.25) is 0 Å². The van der Waals surface area contributed by atoms with Gasteiger partial charge in [-0.25, -0.2) is 0 Å². The average molecular weight is 262 g/mol. The molecule has 0 saturated carbocycles. The van der Waals surface area contributed by atoms with Gasteiger partial charge in [-0.05, 0) is 11.6 Å². The summed E-state index contributed by atoms with van der Waals surface area (Å²) < 4.78 is 11.2. The summed E-state index contributed by atoms with van der Waals surface area (Å²) in [6.07, 6.45) is 0.204. The van der Waals surface area contributed by atoms with Crippen molar-refractivity contribution in [2.75, 3.05) is 26.2 Å². The van der Waals surface area contributed by atoms with Crippen LogP contribution in [0.5, 0.6) is 5.75 Å². The quantitative estimate of drug-likeness (QED) is 0.825. The lowest BCUT2D eigenvalue weighted by molar-refractivity contribution is -0.145. The van der Waals surface area contributed by atoms with Crippen molar-refractivity contribution in [1.82, 2.24) is 4.90 Å². The summed E-state index contributed by atoms with van der Waals surface area (Å²) in [5.41, 5.74) is 6.70. The summed E-state index contributed by atoms with van der Waals surface area (Å²) in [4.78, 5) is 14.2. The molecule has 0 aromatic heterocycles. The molecule has 2 atom stereocenters. The van der Waals surface area contributed by atoms with Crippen LogP contribution in [0.15, 0.2) is 24.3 Å². The Bertz CT molecular complexity index is 453. The zero-order valence-corrected chi connectivity index (χ0v) is 10.7. The van der Waals surface area contributed by atoms with Crippen LogP contribution in [0.25, 0.3) is 0 Å². The van der Waals surface area contributed by atoms with Crippen LogP contribution in [-0.4, -0.2) is 49.3 Å². The number of nitrogens with zero attached hydrogens (tertiary/aromatic N) is 1. The molecule has 0 aliphatic carbocycles. The zero-order valence-electron chi connectivity index (χ0n) is 10.7. The van der Waals surface area contributed by atoms with Gasteiger partial charge in [0.05, 0.1) is 12.7 Å². The first-order chi connectivity index (χ1) is 9.28. The fourth-order valence-corrected chi connectivity index (χ4v) is 2.59. The first-order valence-electron chi connectivity index (χ1n) is 6.63. The summed E-state index contributed by atoms with van der Waals surface area (Å²) >= 11 is 0. The van der Waals surface area contributed by atoms with E-state index in [0.29, 0.717) is 32.7 Å². The number of carbonyl (C=O) groups excluding carboxylic acids is 1. The Labute approximate surface area is 112 Å². The molecule has 2 N–H and O–H groups in total. The smallest absolute Gasteiger partial charge is 0.264 e. The molecule has 1 aromatic carbocycles. The van der Waals surface area contributed by atoms with Crippen molar-refractivity contribution in [3.05, 3.63) is 29.8 Å². The van der Waals surface area contributed by atoms with Crippen LogP contribution in [-0.2, 0) is 16.0 Å². The number of nitrogens with two attached hydrogens (primary N) is 1. The number of amides is 1. The second-order valence-electron chi connectivity index (χ2n) is 4.93. The highest BCUT2D eigenvalue weighted by molar-refractivity contribution is 5.82. The lowest BCUT2D eigenvalue weighted by atomic mass is 10.1. The molecule has 1 aromatic rings. The van der Waals surface area contributed by atoms with Crippen molar-refractivity contribution < 1.29 is 14.3 Å². The third-order valence-corrected chi connectivity index (χ3v) is 3.64. The number of para-hydroxylation sites is 1. The topological polar surface area (TPSA) is 64.8 Å². The Balaban J connectivity index is 1.66. The highest BCUT2D eigenvalue weighted by atomic mass is 16.5. The molecule has 19 heavy (non-hydrogen) atoms. The largest absolute Gasteiger partial charge is 0.480 e. The SMILES string of the molecule is NCC1CN(C(=O)C2Cc3ccccc3O2)CCO1. The Morgan fingerprint density at radius 3 is 3.05 bits per heavy atom. The summed E-state index contributed by atoms with van der Waals surface area (Å²) in [6.45, 7) is 2.17. The maximum absolute atomic E-state index is 12.4. The normalized spacial score (nSPS) is 25.8. The Kier molecular flexibility index (Phi) is 3.40. The van der Waals surface area contributed by atoms with E-state index in [-0.39, 0.29) is 12.0 Å². The van der Waals surface area contributed by atoms with Crippen LogP contribution in [0, 0.1) is 0 Å². The van der Waals surface area contributed by atoms with Crippen LogP contribution in [0.3, 0.4) is 0 Å².